The van der Waals surface area contributed by atoms with E-state index in [1.54, 1.807) is 31.4 Å². The van der Waals surface area contributed by atoms with Crippen molar-refractivity contribution in [2.75, 3.05) is 13.7 Å². The van der Waals surface area contributed by atoms with Crippen LogP contribution < -0.4 is 20.7 Å². The van der Waals surface area contributed by atoms with Crippen LogP contribution in [0, 0.1) is 0 Å². The standard InChI is InChI=1S/C30H35N3O7/c1-39-24-14-8-13-23(15-24)18-31-19-27(34)25(16-21-9-4-2-5-10-21)32-29(37)26(17-28(35)36)33-30(38)40-20-22-11-6-3-7-12-22/h2-15,25-27,31,34H,16-20H2,1H3,(H,32,37)(H,33,38)(H,35,36)/t25-,26-,27+/m0/s1. The van der Waals surface area contributed by atoms with Crippen molar-refractivity contribution in [1.29, 1.82) is 0 Å². The summed E-state index contributed by atoms with van der Waals surface area (Å²) in [5.41, 5.74) is 2.56. The average molecular weight is 550 g/mol. The van der Waals surface area contributed by atoms with Gasteiger partial charge in [0.05, 0.1) is 25.7 Å². The molecule has 3 rings (SSSR count). The molecule has 0 unspecified atom stereocenters. The van der Waals surface area contributed by atoms with E-state index in [1.807, 2.05) is 60.7 Å². The minimum Gasteiger partial charge on any atom is -0.497 e. The van der Waals surface area contributed by atoms with Crippen LogP contribution in [0.15, 0.2) is 84.9 Å². The molecular weight excluding hydrogens is 514 g/mol. The topological polar surface area (TPSA) is 146 Å². The van der Waals surface area contributed by atoms with Crippen LogP contribution in [0.4, 0.5) is 4.79 Å². The average Bonchev–Trinajstić information content (AvgIpc) is 2.96. The summed E-state index contributed by atoms with van der Waals surface area (Å²) in [6.07, 6.45) is -2.32. The van der Waals surface area contributed by atoms with Gasteiger partial charge in [-0.05, 0) is 35.2 Å². The Labute approximate surface area is 233 Å². The van der Waals surface area contributed by atoms with Gasteiger partial charge in [0.1, 0.15) is 18.4 Å². The van der Waals surface area contributed by atoms with Crippen LogP contribution in [0.2, 0.25) is 0 Å². The zero-order chi connectivity index (χ0) is 28.7. The van der Waals surface area contributed by atoms with Crippen LogP contribution >= 0.6 is 0 Å². The van der Waals surface area contributed by atoms with Crippen molar-refractivity contribution in [3.05, 3.63) is 102 Å². The first kappa shape index (κ1) is 30.1. The van der Waals surface area contributed by atoms with Gasteiger partial charge in [-0.15, -0.1) is 0 Å². The fourth-order valence-electron chi connectivity index (χ4n) is 4.01. The van der Waals surface area contributed by atoms with Gasteiger partial charge in [0, 0.05) is 13.1 Å². The fraction of sp³-hybridized carbons (Fsp3) is 0.300. The molecular formula is C30H35N3O7. The zero-order valence-corrected chi connectivity index (χ0v) is 22.3. The molecule has 0 fully saturated rings. The molecule has 0 aliphatic carbocycles. The molecule has 3 atom stereocenters. The molecule has 10 nitrogen and oxygen atoms in total. The van der Waals surface area contributed by atoms with Crippen LogP contribution in [0.5, 0.6) is 5.75 Å². The summed E-state index contributed by atoms with van der Waals surface area (Å²) in [4.78, 5) is 37.0. The maximum absolute atomic E-state index is 13.2. The quantitative estimate of drug-likeness (QED) is 0.195. The molecule has 5 N–H and O–H groups in total. The number of carbonyl (C=O) groups is 3. The van der Waals surface area contributed by atoms with Gasteiger partial charge in [-0.2, -0.15) is 0 Å². The first-order valence-corrected chi connectivity index (χ1v) is 12.9. The fourth-order valence-corrected chi connectivity index (χ4v) is 4.01. The molecule has 0 aromatic heterocycles. The zero-order valence-electron chi connectivity index (χ0n) is 22.3. The van der Waals surface area contributed by atoms with E-state index in [0.717, 1.165) is 16.7 Å². The number of carbonyl (C=O) groups excluding carboxylic acids is 2. The van der Waals surface area contributed by atoms with Gasteiger partial charge in [-0.3, -0.25) is 9.59 Å². The number of ether oxygens (including phenoxy) is 2. The number of methoxy groups -OCH3 is 1. The predicted molar refractivity (Wildman–Crippen MR) is 149 cm³/mol. The number of nitrogens with one attached hydrogen (secondary N) is 3. The van der Waals surface area contributed by atoms with Crippen molar-refractivity contribution in [2.45, 2.75) is 44.2 Å². The van der Waals surface area contributed by atoms with Gasteiger partial charge in [-0.1, -0.05) is 72.8 Å². The summed E-state index contributed by atoms with van der Waals surface area (Å²) in [5.74, 6) is -1.30. The van der Waals surface area contributed by atoms with Crippen LogP contribution in [-0.4, -0.2) is 60.0 Å². The van der Waals surface area contributed by atoms with E-state index in [2.05, 4.69) is 16.0 Å². The SMILES string of the molecule is COc1cccc(CNC[C@@H](O)[C@H](Cc2ccccc2)NC(=O)[C@H](CC(=O)O)NC(=O)OCc2ccccc2)c1. The normalized spacial score (nSPS) is 12.9. The third-order valence-corrected chi connectivity index (χ3v) is 6.11. The number of rotatable bonds is 15. The van der Waals surface area contributed by atoms with Crippen molar-refractivity contribution < 1.29 is 34.1 Å². The number of carboxylic acid groups (broad SMARTS) is 1. The highest BCUT2D eigenvalue weighted by Crippen LogP contribution is 2.13. The molecule has 0 aliphatic heterocycles. The first-order chi connectivity index (χ1) is 19.3. The highest BCUT2D eigenvalue weighted by Gasteiger charge is 2.29. The lowest BCUT2D eigenvalue weighted by Crippen LogP contribution is -2.55. The van der Waals surface area contributed by atoms with Gasteiger partial charge >= 0.3 is 12.1 Å². The number of hydrogen-bond donors (Lipinski definition) is 5. The Morgan fingerprint density at radius 1 is 0.850 bits per heavy atom. The Balaban J connectivity index is 1.64. The van der Waals surface area contributed by atoms with Gasteiger partial charge in [0.15, 0.2) is 0 Å². The lowest BCUT2D eigenvalue weighted by atomic mass is 10.00. The second-order valence-corrected chi connectivity index (χ2v) is 9.21. The van der Waals surface area contributed by atoms with E-state index in [-0.39, 0.29) is 19.6 Å². The Bertz CT molecular complexity index is 1220. The number of aliphatic hydroxyl groups excluding tert-OH is 1. The molecule has 0 heterocycles. The van der Waals surface area contributed by atoms with E-state index >= 15 is 0 Å². The predicted octanol–water partition coefficient (Wildman–Crippen LogP) is 2.64. The van der Waals surface area contributed by atoms with Gasteiger partial charge in [-0.25, -0.2) is 4.79 Å². The Kier molecular flexibility index (Phi) is 12.0. The van der Waals surface area contributed by atoms with Gasteiger partial charge in [0.2, 0.25) is 5.91 Å². The number of carboxylic acids is 1. The number of aliphatic hydroxyl groups is 1. The number of alkyl carbamates (subject to hydrolysis) is 1. The molecule has 0 spiro atoms. The molecule has 40 heavy (non-hydrogen) atoms. The van der Waals surface area contributed by atoms with Crippen molar-refractivity contribution >= 4 is 18.0 Å². The minimum atomic E-state index is -1.41. The maximum atomic E-state index is 13.2. The van der Waals surface area contributed by atoms with E-state index in [9.17, 15) is 24.6 Å². The Hall–Kier alpha value is -4.41. The smallest absolute Gasteiger partial charge is 0.408 e. The molecule has 3 aromatic carbocycles. The van der Waals surface area contributed by atoms with E-state index in [1.165, 1.54) is 0 Å². The lowest BCUT2D eigenvalue weighted by molar-refractivity contribution is -0.140. The van der Waals surface area contributed by atoms with Crippen molar-refractivity contribution in [3.8, 4) is 5.75 Å². The molecule has 10 heteroatoms. The molecule has 0 saturated carbocycles. The largest absolute Gasteiger partial charge is 0.497 e. The summed E-state index contributed by atoms with van der Waals surface area (Å²) in [7, 11) is 1.59. The highest BCUT2D eigenvalue weighted by atomic mass is 16.5. The summed E-state index contributed by atoms with van der Waals surface area (Å²) in [6.45, 7) is 0.560. The van der Waals surface area contributed by atoms with Crippen molar-refractivity contribution in [2.24, 2.45) is 0 Å². The molecule has 0 bridgehead atoms. The van der Waals surface area contributed by atoms with Crippen molar-refractivity contribution in [1.82, 2.24) is 16.0 Å². The highest BCUT2D eigenvalue weighted by molar-refractivity contribution is 5.89. The van der Waals surface area contributed by atoms with E-state index in [0.29, 0.717) is 12.3 Å². The molecule has 2 amide bonds. The molecule has 0 saturated heterocycles. The van der Waals surface area contributed by atoms with Crippen LogP contribution in [0.3, 0.4) is 0 Å². The third kappa shape index (κ3) is 10.4. The summed E-state index contributed by atoms with van der Waals surface area (Å²) >= 11 is 0. The van der Waals surface area contributed by atoms with E-state index in [4.69, 9.17) is 9.47 Å². The number of benzene rings is 3. The molecule has 0 radical (unpaired) electrons. The van der Waals surface area contributed by atoms with Gasteiger partial charge in [0.25, 0.3) is 0 Å². The monoisotopic (exact) mass is 549 g/mol. The number of amides is 2. The second kappa shape index (κ2) is 15.9. The minimum absolute atomic E-state index is 0.0393. The lowest BCUT2D eigenvalue weighted by Gasteiger charge is -2.27. The van der Waals surface area contributed by atoms with Crippen LogP contribution in [0.1, 0.15) is 23.1 Å². The Morgan fingerprint density at radius 2 is 1.50 bits per heavy atom. The Morgan fingerprint density at radius 3 is 2.15 bits per heavy atom. The molecule has 212 valence electrons. The third-order valence-electron chi connectivity index (χ3n) is 6.11. The summed E-state index contributed by atoms with van der Waals surface area (Å²) in [6, 6.07) is 23.6. The number of aliphatic carboxylic acids is 1. The van der Waals surface area contributed by atoms with Crippen molar-refractivity contribution in [3.63, 3.8) is 0 Å². The maximum Gasteiger partial charge on any atom is 0.408 e. The van der Waals surface area contributed by atoms with Crippen LogP contribution in [0.25, 0.3) is 0 Å². The molecule has 3 aromatic rings. The second-order valence-electron chi connectivity index (χ2n) is 9.21. The van der Waals surface area contributed by atoms with Crippen LogP contribution in [-0.2, 0) is 33.9 Å². The first-order valence-electron chi connectivity index (χ1n) is 12.9. The number of hydrogen-bond acceptors (Lipinski definition) is 7. The summed E-state index contributed by atoms with van der Waals surface area (Å²) < 4.78 is 10.4. The summed E-state index contributed by atoms with van der Waals surface area (Å²) in [5, 5.41) is 28.6. The van der Waals surface area contributed by atoms with Gasteiger partial charge < -0.3 is 35.6 Å². The molecule has 0 aliphatic rings. The van der Waals surface area contributed by atoms with E-state index < -0.39 is 42.6 Å².